The molecule has 1 aromatic rings. The molecule has 25 heavy (non-hydrogen) atoms. The van der Waals surface area contributed by atoms with Crippen LogP contribution >= 0.6 is 0 Å². The summed E-state index contributed by atoms with van der Waals surface area (Å²) in [7, 11) is 1.55. The lowest BCUT2D eigenvalue weighted by Gasteiger charge is -2.20. The van der Waals surface area contributed by atoms with E-state index < -0.39 is 16.9 Å². The number of ether oxygens (including phenoxy) is 1. The molecule has 2 unspecified atom stereocenters. The van der Waals surface area contributed by atoms with E-state index in [2.05, 4.69) is 20.8 Å². The smallest absolute Gasteiger partial charge is 0.310 e. The molecule has 8 heteroatoms. The van der Waals surface area contributed by atoms with E-state index in [1.165, 1.54) is 0 Å². The molecule has 3 rings (SSSR count). The molecular weight excluding hydrogens is 324 g/mol. The maximum absolute atomic E-state index is 12.1. The molecule has 132 valence electrons. The molecule has 0 aliphatic carbocycles. The van der Waals surface area contributed by atoms with Crippen LogP contribution < -0.4 is 15.4 Å². The highest BCUT2D eigenvalue weighted by Crippen LogP contribution is 2.34. The zero-order valence-electron chi connectivity index (χ0n) is 14.3. The molecule has 1 saturated heterocycles. The number of carbonyl (C=O) groups is 2. The number of rotatable bonds is 4. The Kier molecular flexibility index (Phi) is 4.08. The van der Waals surface area contributed by atoms with Crippen molar-refractivity contribution in [3.63, 3.8) is 0 Å². The fraction of sp³-hybridized carbons (Fsp3) is 0.412. The Hall–Kier alpha value is -2.74. The van der Waals surface area contributed by atoms with E-state index >= 15 is 0 Å². The average Bonchev–Trinajstić information content (AvgIpc) is 3.05. The number of anilines is 1. The number of carbonyl (C=O) groups excluding carboxylic acids is 1. The van der Waals surface area contributed by atoms with Gasteiger partial charge in [-0.1, -0.05) is 0 Å². The second kappa shape index (κ2) is 5.96. The summed E-state index contributed by atoms with van der Waals surface area (Å²) in [5.41, 5.74) is 0.0675. The van der Waals surface area contributed by atoms with Gasteiger partial charge < -0.3 is 20.5 Å². The third-order valence-corrected chi connectivity index (χ3v) is 4.60. The molecule has 1 fully saturated rings. The number of amides is 1. The van der Waals surface area contributed by atoms with E-state index in [0.29, 0.717) is 30.0 Å². The molecule has 0 bridgehead atoms. The van der Waals surface area contributed by atoms with Gasteiger partial charge in [-0.05, 0) is 32.4 Å². The van der Waals surface area contributed by atoms with Gasteiger partial charge in [0.25, 0.3) is 5.91 Å². The minimum atomic E-state index is -0.846. The van der Waals surface area contributed by atoms with Crippen molar-refractivity contribution in [1.82, 2.24) is 5.32 Å². The summed E-state index contributed by atoms with van der Waals surface area (Å²) >= 11 is 0. The number of nitrogens with zero attached hydrogens (tertiary/aromatic N) is 2. The highest BCUT2D eigenvalue weighted by atomic mass is 16.5. The van der Waals surface area contributed by atoms with Crippen molar-refractivity contribution in [3.05, 3.63) is 23.8 Å². The Morgan fingerprint density at radius 1 is 1.40 bits per heavy atom. The number of aliphatic carboxylic acids is 1. The van der Waals surface area contributed by atoms with Crippen LogP contribution in [0.4, 0.5) is 5.69 Å². The molecule has 0 aromatic heterocycles. The van der Waals surface area contributed by atoms with Crippen molar-refractivity contribution in [2.75, 3.05) is 19.0 Å². The first kappa shape index (κ1) is 17.1. The van der Waals surface area contributed by atoms with Gasteiger partial charge in [0.1, 0.15) is 5.75 Å². The highest BCUT2D eigenvalue weighted by Gasteiger charge is 2.46. The van der Waals surface area contributed by atoms with Crippen molar-refractivity contribution < 1.29 is 19.4 Å². The van der Waals surface area contributed by atoms with Gasteiger partial charge in [-0.2, -0.15) is 5.10 Å². The van der Waals surface area contributed by atoms with Crippen LogP contribution in [0, 0.1) is 5.41 Å². The summed E-state index contributed by atoms with van der Waals surface area (Å²) in [4.78, 5) is 23.4. The van der Waals surface area contributed by atoms with E-state index in [-0.39, 0.29) is 11.6 Å². The Morgan fingerprint density at radius 3 is 2.80 bits per heavy atom. The Morgan fingerprint density at radius 2 is 2.16 bits per heavy atom. The SMILES string of the molecule is COc1ccc2c(c1)NC(=O)/C2=N\N=C\C1(C)CC(C)(C(=O)O)CN1. The summed E-state index contributed by atoms with van der Waals surface area (Å²) in [5, 5.41) is 23.3. The Balaban J connectivity index is 1.80. The number of carboxylic acid groups (broad SMARTS) is 1. The normalized spacial score (nSPS) is 29.9. The molecule has 3 N–H and O–H groups in total. The van der Waals surface area contributed by atoms with Crippen molar-refractivity contribution in [2.45, 2.75) is 25.8 Å². The monoisotopic (exact) mass is 344 g/mol. The van der Waals surface area contributed by atoms with Gasteiger partial charge in [0.05, 0.1) is 23.8 Å². The first-order chi connectivity index (χ1) is 11.8. The van der Waals surface area contributed by atoms with Gasteiger partial charge in [-0.3, -0.25) is 9.59 Å². The van der Waals surface area contributed by atoms with Gasteiger partial charge in [-0.15, -0.1) is 5.10 Å². The first-order valence-electron chi connectivity index (χ1n) is 7.87. The summed E-state index contributed by atoms with van der Waals surface area (Å²) < 4.78 is 5.13. The summed E-state index contributed by atoms with van der Waals surface area (Å²) in [6.07, 6.45) is 1.95. The summed E-state index contributed by atoms with van der Waals surface area (Å²) in [6, 6.07) is 5.21. The molecule has 1 aromatic carbocycles. The van der Waals surface area contributed by atoms with E-state index in [1.807, 2.05) is 6.92 Å². The fourth-order valence-corrected chi connectivity index (χ4v) is 3.15. The third-order valence-electron chi connectivity index (χ3n) is 4.60. The standard InChI is InChI=1S/C17H20N4O4/c1-16(15(23)24)7-17(2,18-8-16)9-19-21-13-11-5-4-10(25-3)6-12(11)20-14(13)22/h4-6,9,18H,7-8H2,1-3H3,(H,23,24)(H,20,21,22)/b19-9+. The maximum Gasteiger partial charge on any atom is 0.310 e. The molecule has 0 spiro atoms. The fourth-order valence-electron chi connectivity index (χ4n) is 3.15. The number of carboxylic acids is 1. The minimum absolute atomic E-state index is 0.219. The van der Waals surface area contributed by atoms with Crippen LogP contribution in [-0.2, 0) is 9.59 Å². The molecule has 2 aliphatic heterocycles. The average molecular weight is 344 g/mol. The summed E-state index contributed by atoms with van der Waals surface area (Å²) in [6.45, 7) is 3.91. The molecular formula is C17H20N4O4. The molecule has 8 nitrogen and oxygen atoms in total. The number of fused-ring (bicyclic) bond motifs is 1. The highest BCUT2D eigenvalue weighted by molar-refractivity contribution is 6.53. The maximum atomic E-state index is 12.1. The number of methoxy groups -OCH3 is 1. The van der Waals surface area contributed by atoms with E-state index in [4.69, 9.17) is 4.74 Å². The number of benzene rings is 1. The lowest BCUT2D eigenvalue weighted by Crippen LogP contribution is -2.37. The van der Waals surface area contributed by atoms with Crippen LogP contribution in [0.1, 0.15) is 25.8 Å². The quantitative estimate of drug-likeness (QED) is 0.562. The summed E-state index contributed by atoms with van der Waals surface area (Å²) in [5.74, 6) is -0.541. The van der Waals surface area contributed by atoms with Gasteiger partial charge in [0.2, 0.25) is 0 Å². The van der Waals surface area contributed by atoms with Crippen molar-refractivity contribution in [2.24, 2.45) is 15.6 Å². The zero-order chi connectivity index (χ0) is 18.2. The molecule has 0 saturated carbocycles. The van der Waals surface area contributed by atoms with Gasteiger partial charge in [0.15, 0.2) is 5.71 Å². The first-order valence-corrected chi connectivity index (χ1v) is 7.87. The second-order valence-corrected chi connectivity index (χ2v) is 6.87. The van der Waals surface area contributed by atoms with E-state index in [0.717, 1.165) is 0 Å². The van der Waals surface area contributed by atoms with Crippen LogP contribution in [-0.4, -0.2) is 48.1 Å². The number of hydrogen-bond acceptors (Lipinski definition) is 6. The minimum Gasteiger partial charge on any atom is -0.497 e. The van der Waals surface area contributed by atoms with Crippen molar-refractivity contribution in [1.29, 1.82) is 0 Å². The molecule has 1 amide bonds. The number of hydrogen-bond donors (Lipinski definition) is 3. The second-order valence-electron chi connectivity index (χ2n) is 6.87. The molecule has 2 aliphatic rings. The number of nitrogens with one attached hydrogen (secondary N) is 2. The van der Waals surface area contributed by atoms with Crippen LogP contribution in [0.5, 0.6) is 5.75 Å². The van der Waals surface area contributed by atoms with Crippen LogP contribution in [0.3, 0.4) is 0 Å². The van der Waals surface area contributed by atoms with Crippen molar-refractivity contribution >= 4 is 29.5 Å². The predicted molar refractivity (Wildman–Crippen MR) is 93.4 cm³/mol. The zero-order valence-corrected chi connectivity index (χ0v) is 14.3. The largest absolute Gasteiger partial charge is 0.497 e. The lowest BCUT2D eigenvalue weighted by atomic mass is 9.84. The topological polar surface area (TPSA) is 112 Å². The third kappa shape index (κ3) is 3.12. The van der Waals surface area contributed by atoms with Gasteiger partial charge >= 0.3 is 5.97 Å². The molecule has 2 heterocycles. The molecule has 2 atom stereocenters. The predicted octanol–water partition coefficient (Wildman–Crippen LogP) is 1.27. The van der Waals surface area contributed by atoms with Crippen molar-refractivity contribution in [3.8, 4) is 5.75 Å². The van der Waals surface area contributed by atoms with Crippen LogP contribution in [0.2, 0.25) is 0 Å². The van der Waals surface area contributed by atoms with Gasteiger partial charge in [0, 0.05) is 24.4 Å². The van der Waals surface area contributed by atoms with E-state index in [9.17, 15) is 14.7 Å². The van der Waals surface area contributed by atoms with Gasteiger partial charge in [-0.25, -0.2) is 0 Å². The van der Waals surface area contributed by atoms with E-state index in [1.54, 1.807) is 38.4 Å². The lowest BCUT2D eigenvalue weighted by molar-refractivity contribution is -0.146. The Labute approximate surface area is 145 Å². The Bertz CT molecular complexity index is 804. The molecule has 0 radical (unpaired) electrons. The van der Waals surface area contributed by atoms with Crippen LogP contribution in [0.15, 0.2) is 28.4 Å². The van der Waals surface area contributed by atoms with Crippen LogP contribution in [0.25, 0.3) is 0 Å².